The first-order valence-electron chi connectivity index (χ1n) is 10.1. The summed E-state index contributed by atoms with van der Waals surface area (Å²) in [6, 6.07) is 5.62. The Bertz CT molecular complexity index is 1240. The van der Waals surface area contributed by atoms with Crippen molar-refractivity contribution in [3.63, 3.8) is 0 Å². The number of hydrogen-bond acceptors (Lipinski definition) is 5. The molecular weight excluding hydrogens is 539 g/mol. The third-order valence-electron chi connectivity index (χ3n) is 5.29. The normalized spacial score (nSPS) is 12.3. The minimum Gasteiger partial charge on any atom is -0.493 e. The summed E-state index contributed by atoms with van der Waals surface area (Å²) in [7, 11) is -1.17. The minimum absolute atomic E-state index is 0.115. The van der Waals surface area contributed by atoms with Crippen molar-refractivity contribution in [2.75, 3.05) is 27.9 Å². The molecule has 8 nitrogen and oxygen atoms in total. The molecule has 0 fully saturated rings. The second-order valence-electron chi connectivity index (χ2n) is 7.36. The number of hydrogen-bond donors (Lipinski definition) is 2. The van der Waals surface area contributed by atoms with Crippen molar-refractivity contribution >= 4 is 34.4 Å². The van der Waals surface area contributed by atoms with Crippen LogP contribution in [0.4, 0.5) is 8.78 Å². The van der Waals surface area contributed by atoms with Gasteiger partial charge in [-0.25, -0.2) is 0 Å². The molecule has 0 atom stereocenters. The Kier molecular flexibility index (Phi) is 7.94. The molecule has 1 aromatic heterocycles. The molecule has 34 heavy (non-hydrogen) atoms. The van der Waals surface area contributed by atoms with Gasteiger partial charge in [-0.3, -0.25) is 4.57 Å². The molecule has 186 valence electrons. The second-order valence-corrected chi connectivity index (χ2v) is 9.86. The van der Waals surface area contributed by atoms with Crippen LogP contribution >= 0.6 is 23.5 Å². The van der Waals surface area contributed by atoms with Crippen molar-refractivity contribution in [2.24, 2.45) is 0 Å². The Morgan fingerprint density at radius 3 is 2.29 bits per heavy atom. The molecule has 3 rings (SSSR count). The van der Waals surface area contributed by atoms with Gasteiger partial charge < -0.3 is 33.3 Å². The van der Waals surface area contributed by atoms with Gasteiger partial charge in [-0.05, 0) is 24.6 Å². The predicted octanol–water partition coefficient (Wildman–Crippen LogP) is 5.24. The highest BCUT2D eigenvalue weighted by atomic mass is 79.9. The van der Waals surface area contributed by atoms with E-state index in [2.05, 4.69) is 15.9 Å². The number of nitrogens with zero attached hydrogens (tertiary/aromatic N) is 1. The maximum absolute atomic E-state index is 14.2. The lowest BCUT2D eigenvalue weighted by Crippen LogP contribution is -2.14. The third-order valence-corrected chi connectivity index (χ3v) is 6.92. The van der Waals surface area contributed by atoms with Gasteiger partial charge in [0.25, 0.3) is 0 Å². The standard InChI is InChI=1S/C22H25BrF2NO7P/c1-5-33-12-14-11-26(19-15(14)9-18(30-2)20(31-3)21(19)32-4)10-13-6-7-16(17(23)8-13)22(24,25)34(27,28)29/h6-9,11H,5,10,12H2,1-4H3,(H2,27,28,29). The zero-order valence-electron chi connectivity index (χ0n) is 19.0. The van der Waals surface area contributed by atoms with E-state index >= 15 is 0 Å². The van der Waals surface area contributed by atoms with Crippen molar-refractivity contribution in [1.29, 1.82) is 0 Å². The quantitative estimate of drug-likeness (QED) is 0.325. The Labute approximate surface area is 203 Å². The van der Waals surface area contributed by atoms with Crippen LogP contribution < -0.4 is 14.2 Å². The van der Waals surface area contributed by atoms with E-state index in [9.17, 15) is 13.3 Å². The monoisotopic (exact) mass is 563 g/mol. The minimum atomic E-state index is -5.69. The molecule has 0 spiro atoms. The number of halogens is 3. The summed E-state index contributed by atoms with van der Waals surface area (Å²) in [4.78, 5) is 18.1. The van der Waals surface area contributed by atoms with Crippen molar-refractivity contribution in [1.82, 2.24) is 4.57 Å². The van der Waals surface area contributed by atoms with Gasteiger partial charge in [-0.2, -0.15) is 8.78 Å². The summed E-state index contributed by atoms with van der Waals surface area (Å²) < 4.78 is 63.7. The van der Waals surface area contributed by atoms with Crippen LogP contribution in [0.25, 0.3) is 10.9 Å². The van der Waals surface area contributed by atoms with Crippen LogP contribution in [-0.2, 0) is 28.1 Å². The van der Waals surface area contributed by atoms with Gasteiger partial charge in [-0.15, -0.1) is 0 Å². The fourth-order valence-corrected chi connectivity index (χ4v) is 5.04. The SMILES string of the molecule is CCOCc1cn(Cc2ccc(C(F)(F)P(=O)(O)O)c(Br)c2)c2c(OC)c(OC)c(OC)cc12. The number of ether oxygens (including phenoxy) is 4. The van der Waals surface area contributed by atoms with Gasteiger partial charge in [0.05, 0.1) is 33.5 Å². The van der Waals surface area contributed by atoms with Gasteiger partial charge in [0.2, 0.25) is 5.75 Å². The summed E-state index contributed by atoms with van der Waals surface area (Å²) in [5, 5.41) is 0.812. The molecule has 0 saturated heterocycles. The van der Waals surface area contributed by atoms with Crippen molar-refractivity contribution in [3.8, 4) is 17.2 Å². The van der Waals surface area contributed by atoms with Crippen molar-refractivity contribution < 1.29 is 42.1 Å². The summed E-state index contributed by atoms with van der Waals surface area (Å²) in [6.45, 7) is 2.97. The van der Waals surface area contributed by atoms with E-state index in [1.54, 1.807) is 0 Å². The first-order valence-corrected chi connectivity index (χ1v) is 12.5. The van der Waals surface area contributed by atoms with E-state index < -0.39 is 18.8 Å². The van der Waals surface area contributed by atoms with E-state index in [0.29, 0.717) is 41.5 Å². The smallest absolute Gasteiger partial charge is 0.399 e. The Hall–Kier alpha value is -2.17. The first kappa shape index (κ1) is 26.4. The first-order chi connectivity index (χ1) is 16.0. The Morgan fingerprint density at radius 2 is 1.76 bits per heavy atom. The number of benzene rings is 2. The highest BCUT2D eigenvalue weighted by molar-refractivity contribution is 9.10. The van der Waals surface area contributed by atoms with Crippen LogP contribution in [0.5, 0.6) is 17.2 Å². The Morgan fingerprint density at radius 1 is 1.09 bits per heavy atom. The number of alkyl halides is 2. The average Bonchev–Trinajstić information content (AvgIpc) is 3.12. The lowest BCUT2D eigenvalue weighted by atomic mass is 10.1. The fourth-order valence-electron chi connectivity index (χ4n) is 3.70. The highest BCUT2D eigenvalue weighted by Crippen LogP contribution is 2.60. The number of aromatic nitrogens is 1. The molecule has 0 aliphatic heterocycles. The van der Waals surface area contributed by atoms with Crippen molar-refractivity contribution in [3.05, 3.63) is 51.6 Å². The molecule has 0 bridgehead atoms. The van der Waals surface area contributed by atoms with Gasteiger partial charge in [-0.1, -0.05) is 28.1 Å². The topological polar surface area (TPSA) is 99.4 Å². The lowest BCUT2D eigenvalue weighted by Gasteiger charge is -2.20. The molecule has 0 aliphatic carbocycles. The van der Waals surface area contributed by atoms with Gasteiger partial charge in [0.15, 0.2) is 11.5 Å². The molecule has 2 aromatic carbocycles. The average molecular weight is 564 g/mol. The summed E-state index contributed by atoms with van der Waals surface area (Å²) in [5.74, 6) is 1.31. The molecule has 0 aliphatic rings. The van der Waals surface area contributed by atoms with Gasteiger partial charge in [0, 0.05) is 40.3 Å². The maximum Gasteiger partial charge on any atom is 0.399 e. The van der Waals surface area contributed by atoms with Gasteiger partial charge in [0.1, 0.15) is 0 Å². The summed E-state index contributed by atoms with van der Waals surface area (Å²) in [5.41, 5.74) is -2.95. The summed E-state index contributed by atoms with van der Waals surface area (Å²) >= 11 is 3.03. The molecule has 0 amide bonds. The summed E-state index contributed by atoms with van der Waals surface area (Å²) in [6.07, 6.45) is 1.87. The Balaban J connectivity index is 2.15. The lowest BCUT2D eigenvalue weighted by molar-refractivity contribution is 0.0557. The maximum atomic E-state index is 14.2. The predicted molar refractivity (Wildman–Crippen MR) is 126 cm³/mol. The zero-order chi connectivity index (χ0) is 25.3. The molecule has 1 heterocycles. The van der Waals surface area contributed by atoms with Crippen LogP contribution in [0.15, 0.2) is 34.9 Å². The molecule has 12 heteroatoms. The fraction of sp³-hybridized carbons (Fsp3) is 0.364. The molecular formula is C22H25BrF2NO7P. The van der Waals surface area contributed by atoms with Gasteiger partial charge >= 0.3 is 13.3 Å². The van der Waals surface area contributed by atoms with E-state index in [-0.39, 0.29) is 11.0 Å². The number of rotatable bonds is 10. The van der Waals surface area contributed by atoms with Crippen LogP contribution in [0.1, 0.15) is 23.6 Å². The van der Waals surface area contributed by atoms with Crippen LogP contribution in [0.3, 0.4) is 0 Å². The van der Waals surface area contributed by atoms with E-state index in [4.69, 9.17) is 28.7 Å². The van der Waals surface area contributed by atoms with E-state index in [0.717, 1.165) is 17.0 Å². The highest BCUT2D eigenvalue weighted by Gasteiger charge is 2.51. The van der Waals surface area contributed by atoms with Crippen LogP contribution in [0.2, 0.25) is 0 Å². The van der Waals surface area contributed by atoms with E-state index in [1.165, 1.54) is 33.5 Å². The van der Waals surface area contributed by atoms with Crippen LogP contribution in [-0.4, -0.2) is 42.3 Å². The number of fused-ring (bicyclic) bond motifs is 1. The van der Waals surface area contributed by atoms with Crippen molar-refractivity contribution in [2.45, 2.75) is 25.7 Å². The van der Waals surface area contributed by atoms with E-state index in [1.807, 2.05) is 23.8 Å². The molecule has 2 N–H and O–H groups in total. The number of methoxy groups -OCH3 is 3. The largest absolute Gasteiger partial charge is 0.493 e. The third kappa shape index (κ3) is 4.81. The zero-order valence-corrected chi connectivity index (χ0v) is 21.5. The molecule has 0 radical (unpaired) electrons. The molecule has 3 aromatic rings. The molecule has 0 unspecified atom stereocenters. The second kappa shape index (κ2) is 10.2. The van der Waals surface area contributed by atoms with Crippen LogP contribution in [0, 0.1) is 0 Å². The molecule has 0 saturated carbocycles.